The average molecular weight is 349 g/mol. The largest absolute Gasteiger partial charge is 0.381 e. The molecule has 1 aliphatic heterocycles. The molecule has 4 rings (SSSR count). The molecule has 26 heavy (non-hydrogen) atoms. The van der Waals surface area contributed by atoms with Crippen molar-refractivity contribution in [3.05, 3.63) is 35.4 Å². The van der Waals surface area contributed by atoms with Gasteiger partial charge >= 0.3 is 0 Å². The Morgan fingerprint density at radius 2 is 2.04 bits per heavy atom. The summed E-state index contributed by atoms with van der Waals surface area (Å²) in [6.07, 6.45) is 5.32. The molecule has 8 heteroatoms. The highest BCUT2D eigenvalue weighted by atomic mass is 16.5. The zero-order valence-electron chi connectivity index (χ0n) is 14.7. The molecule has 8 nitrogen and oxygen atoms in total. The van der Waals surface area contributed by atoms with Gasteiger partial charge in [0.2, 0.25) is 5.95 Å². The fraction of sp³-hybridized carbons (Fsp3) is 0.389. The fourth-order valence-corrected chi connectivity index (χ4v) is 3.15. The highest BCUT2D eigenvalue weighted by Crippen LogP contribution is 2.27. The van der Waals surface area contributed by atoms with Crippen LogP contribution in [0, 0.1) is 25.2 Å². The molecule has 4 heterocycles. The summed E-state index contributed by atoms with van der Waals surface area (Å²) in [5.41, 5.74) is 3.78. The van der Waals surface area contributed by atoms with Gasteiger partial charge in [0.15, 0.2) is 5.65 Å². The third-order valence-electron chi connectivity index (χ3n) is 4.63. The number of nitrogens with zero attached hydrogens (tertiary/aromatic N) is 6. The van der Waals surface area contributed by atoms with Gasteiger partial charge in [0, 0.05) is 31.3 Å². The first kappa shape index (κ1) is 16.4. The maximum atomic E-state index is 9.05. The van der Waals surface area contributed by atoms with Crippen LogP contribution in [-0.2, 0) is 4.74 Å². The highest BCUT2D eigenvalue weighted by molar-refractivity contribution is 5.79. The van der Waals surface area contributed by atoms with Gasteiger partial charge < -0.3 is 10.1 Å². The first-order valence-electron chi connectivity index (χ1n) is 8.59. The van der Waals surface area contributed by atoms with Crippen molar-refractivity contribution in [3.63, 3.8) is 0 Å². The molecule has 0 atom stereocenters. The highest BCUT2D eigenvalue weighted by Gasteiger charge is 2.21. The third-order valence-corrected chi connectivity index (χ3v) is 4.63. The lowest BCUT2D eigenvalue weighted by molar-refractivity contribution is 0.0672. The van der Waals surface area contributed by atoms with Crippen LogP contribution in [0.25, 0.3) is 11.0 Å². The van der Waals surface area contributed by atoms with Gasteiger partial charge in [0.1, 0.15) is 11.8 Å². The van der Waals surface area contributed by atoms with Gasteiger partial charge in [-0.05, 0) is 38.3 Å². The number of ether oxygens (including phenoxy) is 1. The van der Waals surface area contributed by atoms with Crippen LogP contribution in [0.15, 0.2) is 18.5 Å². The summed E-state index contributed by atoms with van der Waals surface area (Å²) in [4.78, 5) is 13.2. The second kappa shape index (κ2) is 6.69. The van der Waals surface area contributed by atoms with Crippen LogP contribution in [0.1, 0.15) is 35.8 Å². The van der Waals surface area contributed by atoms with Crippen LogP contribution in [0.4, 0.5) is 11.6 Å². The summed E-state index contributed by atoms with van der Waals surface area (Å²) >= 11 is 0. The third kappa shape index (κ3) is 2.97. The van der Waals surface area contributed by atoms with Crippen LogP contribution in [0.3, 0.4) is 0 Å². The smallest absolute Gasteiger partial charge is 0.229 e. The predicted molar refractivity (Wildman–Crippen MR) is 96.1 cm³/mol. The molecule has 1 fully saturated rings. The fourth-order valence-electron chi connectivity index (χ4n) is 3.15. The Morgan fingerprint density at radius 3 is 2.81 bits per heavy atom. The number of pyridine rings is 1. The molecule has 1 saturated heterocycles. The molecule has 0 radical (unpaired) electrons. The number of aryl methyl sites for hydroxylation is 2. The van der Waals surface area contributed by atoms with Crippen molar-refractivity contribution in [2.24, 2.45) is 0 Å². The Labute approximate surface area is 150 Å². The first-order valence-corrected chi connectivity index (χ1v) is 8.59. The molecule has 0 unspecified atom stereocenters. The van der Waals surface area contributed by atoms with Crippen LogP contribution in [0.5, 0.6) is 0 Å². The van der Waals surface area contributed by atoms with E-state index in [9.17, 15) is 0 Å². The van der Waals surface area contributed by atoms with Crippen LogP contribution in [0.2, 0.25) is 0 Å². The van der Waals surface area contributed by atoms with Crippen molar-refractivity contribution in [2.75, 3.05) is 18.5 Å². The number of hydrogen-bond donors (Lipinski definition) is 1. The lowest BCUT2D eigenvalue weighted by Gasteiger charge is -2.22. The van der Waals surface area contributed by atoms with Crippen LogP contribution in [-0.4, -0.2) is 37.9 Å². The molecule has 1 N–H and O–H groups in total. The molecule has 0 amide bonds. The molecule has 0 bridgehead atoms. The molecule has 0 aliphatic carbocycles. The number of fused-ring (bicyclic) bond motifs is 1. The van der Waals surface area contributed by atoms with Gasteiger partial charge in [-0.1, -0.05) is 0 Å². The Hall–Kier alpha value is -3.05. The van der Waals surface area contributed by atoms with Gasteiger partial charge in [-0.15, -0.1) is 0 Å². The number of nitriles is 1. The Balaban J connectivity index is 1.72. The van der Waals surface area contributed by atoms with Crippen LogP contribution >= 0.6 is 0 Å². The van der Waals surface area contributed by atoms with Gasteiger partial charge in [-0.2, -0.15) is 15.3 Å². The maximum absolute atomic E-state index is 9.05. The minimum absolute atomic E-state index is 0.288. The molecular formula is C18H19N7O. The summed E-state index contributed by atoms with van der Waals surface area (Å²) in [5, 5.41) is 17.9. The summed E-state index contributed by atoms with van der Waals surface area (Å²) in [6, 6.07) is 4.03. The number of aromatic nitrogens is 5. The number of nitrogens with one attached hydrogen (secondary N) is 1. The van der Waals surface area contributed by atoms with Gasteiger partial charge in [0.05, 0.1) is 17.1 Å². The lowest BCUT2D eigenvalue weighted by Crippen LogP contribution is -2.20. The predicted octanol–water partition coefficient (Wildman–Crippen LogP) is 2.80. The van der Waals surface area contributed by atoms with E-state index in [1.807, 2.05) is 24.6 Å². The van der Waals surface area contributed by atoms with E-state index < -0.39 is 0 Å². The standard InChI is InChI=1S/C18H19N7O/c1-11-9-20-13(8-19)7-16(11)22-18-21-10-15-12(2)24-25(17(15)23-18)14-3-5-26-6-4-14/h7,9-10,14H,3-6H2,1-2H3,(H,20,21,22,23). The minimum Gasteiger partial charge on any atom is -0.381 e. The van der Waals surface area contributed by atoms with Crippen molar-refractivity contribution in [1.82, 2.24) is 24.7 Å². The summed E-state index contributed by atoms with van der Waals surface area (Å²) in [7, 11) is 0. The quantitative estimate of drug-likeness (QED) is 0.775. The van der Waals surface area contributed by atoms with Crippen molar-refractivity contribution >= 4 is 22.7 Å². The average Bonchev–Trinajstić information content (AvgIpc) is 3.00. The maximum Gasteiger partial charge on any atom is 0.229 e. The van der Waals surface area contributed by atoms with E-state index in [0.29, 0.717) is 11.6 Å². The zero-order chi connectivity index (χ0) is 18.1. The molecule has 1 aliphatic rings. The van der Waals surface area contributed by atoms with E-state index in [0.717, 1.165) is 54.0 Å². The number of rotatable bonds is 3. The second-order valence-electron chi connectivity index (χ2n) is 6.43. The van der Waals surface area contributed by atoms with Crippen molar-refractivity contribution < 1.29 is 4.74 Å². The Bertz CT molecular complexity index is 999. The topological polar surface area (TPSA) is 102 Å². The van der Waals surface area contributed by atoms with Gasteiger partial charge in [-0.3, -0.25) is 0 Å². The lowest BCUT2D eigenvalue weighted by atomic mass is 10.1. The van der Waals surface area contributed by atoms with E-state index in [1.165, 1.54) is 0 Å². The number of anilines is 2. The summed E-state index contributed by atoms with van der Waals surface area (Å²) in [5.74, 6) is 0.476. The second-order valence-corrected chi connectivity index (χ2v) is 6.43. The Morgan fingerprint density at radius 1 is 1.23 bits per heavy atom. The zero-order valence-corrected chi connectivity index (χ0v) is 14.7. The monoisotopic (exact) mass is 349 g/mol. The van der Waals surface area contributed by atoms with Crippen molar-refractivity contribution in [2.45, 2.75) is 32.7 Å². The van der Waals surface area contributed by atoms with E-state index in [2.05, 4.69) is 20.4 Å². The van der Waals surface area contributed by atoms with E-state index in [-0.39, 0.29) is 6.04 Å². The van der Waals surface area contributed by atoms with E-state index in [4.69, 9.17) is 15.0 Å². The normalized spacial score (nSPS) is 15.1. The van der Waals surface area contributed by atoms with Crippen molar-refractivity contribution in [1.29, 1.82) is 5.26 Å². The first-order chi connectivity index (χ1) is 12.7. The summed E-state index contributed by atoms with van der Waals surface area (Å²) in [6.45, 7) is 5.38. The SMILES string of the molecule is Cc1cnc(C#N)cc1Nc1ncc2c(C)nn(C3CCOCC3)c2n1. The summed E-state index contributed by atoms with van der Waals surface area (Å²) < 4.78 is 7.46. The molecule has 0 saturated carbocycles. The van der Waals surface area contributed by atoms with Crippen LogP contribution < -0.4 is 5.32 Å². The molecular weight excluding hydrogens is 330 g/mol. The van der Waals surface area contributed by atoms with E-state index in [1.54, 1.807) is 18.5 Å². The number of hydrogen-bond acceptors (Lipinski definition) is 7. The molecule has 132 valence electrons. The van der Waals surface area contributed by atoms with Gasteiger partial charge in [-0.25, -0.2) is 14.6 Å². The molecule has 0 spiro atoms. The van der Waals surface area contributed by atoms with Gasteiger partial charge in [0.25, 0.3) is 0 Å². The van der Waals surface area contributed by atoms with Crippen molar-refractivity contribution in [3.8, 4) is 6.07 Å². The molecule has 0 aromatic carbocycles. The molecule has 3 aromatic heterocycles. The van der Waals surface area contributed by atoms with E-state index >= 15 is 0 Å². The molecule has 3 aromatic rings. The Kier molecular flexibility index (Phi) is 4.22. The minimum atomic E-state index is 0.288.